The van der Waals surface area contributed by atoms with Gasteiger partial charge < -0.3 is 10.2 Å². The van der Waals surface area contributed by atoms with Gasteiger partial charge in [0, 0.05) is 57.9 Å². The molecule has 0 aromatic carbocycles. The molecule has 0 spiro atoms. The predicted octanol–water partition coefficient (Wildman–Crippen LogP) is 1.00. The quantitative estimate of drug-likeness (QED) is 0.838. The van der Waals surface area contributed by atoms with Crippen LogP contribution in [-0.4, -0.2) is 85.0 Å². The van der Waals surface area contributed by atoms with E-state index in [1.165, 1.54) is 19.4 Å². The number of nitrogens with zero attached hydrogens (tertiary/aromatic N) is 3. The molecule has 0 radical (unpaired) electrons. The molecule has 3 aliphatic rings. The Morgan fingerprint density at radius 3 is 2.30 bits per heavy atom. The standard InChI is InChI=1S/C18H34N4O/c1-15-5-6-16(2)22(15)13-10-20-8-11-21(12-9-20)18(23)17-4-3-7-19-14-17/h15-17,19H,3-14H2,1-2H3. The average molecular weight is 322 g/mol. The van der Waals surface area contributed by atoms with Crippen LogP contribution in [0, 0.1) is 5.92 Å². The average Bonchev–Trinajstić information content (AvgIpc) is 2.92. The molecule has 3 atom stereocenters. The summed E-state index contributed by atoms with van der Waals surface area (Å²) in [6, 6.07) is 1.48. The number of amides is 1. The highest BCUT2D eigenvalue weighted by molar-refractivity contribution is 5.79. The highest BCUT2D eigenvalue weighted by Gasteiger charge is 2.30. The zero-order valence-electron chi connectivity index (χ0n) is 15.0. The van der Waals surface area contributed by atoms with E-state index in [1.54, 1.807) is 0 Å². The maximum absolute atomic E-state index is 12.6. The van der Waals surface area contributed by atoms with Gasteiger partial charge in [-0.2, -0.15) is 0 Å². The van der Waals surface area contributed by atoms with E-state index in [4.69, 9.17) is 0 Å². The Morgan fingerprint density at radius 1 is 1.00 bits per heavy atom. The lowest BCUT2D eigenvalue weighted by molar-refractivity contribution is -0.137. The molecule has 3 saturated heterocycles. The first-order valence-corrected chi connectivity index (χ1v) is 9.62. The molecule has 23 heavy (non-hydrogen) atoms. The van der Waals surface area contributed by atoms with E-state index in [2.05, 4.69) is 33.9 Å². The van der Waals surface area contributed by atoms with Crippen molar-refractivity contribution in [3.05, 3.63) is 0 Å². The summed E-state index contributed by atoms with van der Waals surface area (Å²) >= 11 is 0. The minimum absolute atomic E-state index is 0.224. The van der Waals surface area contributed by atoms with Gasteiger partial charge in [-0.3, -0.25) is 14.6 Å². The number of carbonyl (C=O) groups excluding carboxylic acids is 1. The Kier molecular flexibility index (Phi) is 5.94. The molecule has 3 unspecified atom stereocenters. The van der Waals surface area contributed by atoms with Crippen molar-refractivity contribution in [1.82, 2.24) is 20.0 Å². The minimum atomic E-state index is 0.224. The van der Waals surface area contributed by atoms with Gasteiger partial charge in [0.1, 0.15) is 0 Å². The molecule has 1 amide bonds. The van der Waals surface area contributed by atoms with Crippen LogP contribution in [0.1, 0.15) is 39.5 Å². The summed E-state index contributed by atoms with van der Waals surface area (Å²) in [4.78, 5) is 19.9. The van der Waals surface area contributed by atoms with Gasteiger partial charge in [-0.25, -0.2) is 0 Å². The summed E-state index contributed by atoms with van der Waals surface area (Å²) in [5.41, 5.74) is 0. The summed E-state index contributed by atoms with van der Waals surface area (Å²) in [6.07, 6.45) is 4.90. The van der Waals surface area contributed by atoms with E-state index in [0.717, 1.165) is 70.7 Å². The summed E-state index contributed by atoms with van der Waals surface area (Å²) in [6.45, 7) is 12.9. The molecule has 0 bridgehead atoms. The van der Waals surface area contributed by atoms with Crippen molar-refractivity contribution >= 4 is 5.91 Å². The molecule has 132 valence electrons. The number of piperazine rings is 1. The Hall–Kier alpha value is -0.650. The summed E-state index contributed by atoms with van der Waals surface area (Å²) in [5, 5.41) is 3.36. The van der Waals surface area contributed by atoms with Crippen LogP contribution in [0.5, 0.6) is 0 Å². The van der Waals surface area contributed by atoms with Crippen LogP contribution < -0.4 is 5.32 Å². The van der Waals surface area contributed by atoms with E-state index >= 15 is 0 Å². The number of carbonyl (C=O) groups is 1. The van der Waals surface area contributed by atoms with Crippen LogP contribution in [0.4, 0.5) is 0 Å². The van der Waals surface area contributed by atoms with Gasteiger partial charge in [-0.1, -0.05) is 0 Å². The molecule has 3 rings (SSSR count). The third-order valence-electron chi connectivity index (χ3n) is 6.14. The molecular formula is C18H34N4O. The monoisotopic (exact) mass is 322 g/mol. The first-order chi connectivity index (χ1) is 11.1. The number of hydrogen-bond donors (Lipinski definition) is 1. The molecule has 3 aliphatic heterocycles. The Balaban J connectivity index is 1.39. The maximum atomic E-state index is 12.6. The van der Waals surface area contributed by atoms with Crippen LogP contribution in [0.3, 0.4) is 0 Å². The maximum Gasteiger partial charge on any atom is 0.227 e. The number of piperidine rings is 1. The minimum Gasteiger partial charge on any atom is -0.340 e. The predicted molar refractivity (Wildman–Crippen MR) is 93.5 cm³/mol. The van der Waals surface area contributed by atoms with Crippen LogP contribution in [0.25, 0.3) is 0 Å². The highest BCUT2D eigenvalue weighted by atomic mass is 16.2. The lowest BCUT2D eigenvalue weighted by Crippen LogP contribution is -2.53. The van der Waals surface area contributed by atoms with Gasteiger partial charge in [0.05, 0.1) is 5.92 Å². The van der Waals surface area contributed by atoms with Crippen molar-refractivity contribution in [3.63, 3.8) is 0 Å². The molecule has 1 N–H and O–H groups in total. The third kappa shape index (κ3) is 4.25. The van der Waals surface area contributed by atoms with Crippen molar-refractivity contribution in [1.29, 1.82) is 0 Å². The van der Waals surface area contributed by atoms with Crippen LogP contribution >= 0.6 is 0 Å². The summed E-state index contributed by atoms with van der Waals surface area (Å²) in [5.74, 6) is 0.611. The van der Waals surface area contributed by atoms with Crippen LogP contribution in [0.2, 0.25) is 0 Å². The lowest BCUT2D eigenvalue weighted by Gasteiger charge is -2.38. The van der Waals surface area contributed by atoms with Crippen LogP contribution in [0.15, 0.2) is 0 Å². The summed E-state index contributed by atoms with van der Waals surface area (Å²) < 4.78 is 0. The highest BCUT2D eigenvalue weighted by Crippen LogP contribution is 2.23. The van der Waals surface area contributed by atoms with E-state index in [9.17, 15) is 4.79 Å². The van der Waals surface area contributed by atoms with E-state index in [0.29, 0.717) is 5.91 Å². The Morgan fingerprint density at radius 2 is 1.70 bits per heavy atom. The normalized spacial score (nSPS) is 34.0. The van der Waals surface area contributed by atoms with E-state index in [1.807, 2.05) is 0 Å². The number of hydrogen-bond acceptors (Lipinski definition) is 4. The molecule has 5 nitrogen and oxygen atoms in total. The van der Waals surface area contributed by atoms with Gasteiger partial charge in [-0.15, -0.1) is 0 Å². The number of rotatable bonds is 4. The van der Waals surface area contributed by atoms with Crippen molar-refractivity contribution in [2.75, 3.05) is 52.4 Å². The molecule has 3 heterocycles. The Bertz CT molecular complexity index is 378. The molecule has 0 saturated carbocycles. The second kappa shape index (κ2) is 7.95. The van der Waals surface area contributed by atoms with Gasteiger partial charge in [0.25, 0.3) is 0 Å². The van der Waals surface area contributed by atoms with Gasteiger partial charge in [0.2, 0.25) is 5.91 Å². The zero-order valence-corrected chi connectivity index (χ0v) is 15.0. The van der Waals surface area contributed by atoms with E-state index in [-0.39, 0.29) is 5.92 Å². The SMILES string of the molecule is CC1CCC(C)N1CCN1CCN(C(=O)C2CCCNC2)CC1. The van der Waals surface area contributed by atoms with Crippen molar-refractivity contribution < 1.29 is 4.79 Å². The molecule has 0 aromatic heterocycles. The zero-order chi connectivity index (χ0) is 16.2. The number of likely N-dealkylation sites (tertiary alicyclic amines) is 1. The first-order valence-electron chi connectivity index (χ1n) is 9.62. The van der Waals surface area contributed by atoms with Gasteiger partial charge >= 0.3 is 0 Å². The van der Waals surface area contributed by atoms with Gasteiger partial charge in [-0.05, 0) is 46.1 Å². The molecule has 3 fully saturated rings. The summed E-state index contributed by atoms with van der Waals surface area (Å²) in [7, 11) is 0. The topological polar surface area (TPSA) is 38.8 Å². The van der Waals surface area contributed by atoms with Gasteiger partial charge in [0.15, 0.2) is 0 Å². The largest absolute Gasteiger partial charge is 0.340 e. The molecule has 5 heteroatoms. The number of nitrogens with one attached hydrogen (secondary N) is 1. The fraction of sp³-hybridized carbons (Fsp3) is 0.944. The van der Waals surface area contributed by atoms with Crippen molar-refractivity contribution in [3.8, 4) is 0 Å². The van der Waals surface area contributed by atoms with Crippen molar-refractivity contribution in [2.24, 2.45) is 5.92 Å². The molecule has 0 aromatic rings. The fourth-order valence-corrected chi connectivity index (χ4v) is 4.46. The molecular weight excluding hydrogens is 288 g/mol. The second-order valence-electron chi connectivity index (χ2n) is 7.72. The molecule has 0 aliphatic carbocycles. The Labute approximate surface area is 141 Å². The van der Waals surface area contributed by atoms with E-state index < -0.39 is 0 Å². The van der Waals surface area contributed by atoms with Crippen LogP contribution in [-0.2, 0) is 4.79 Å². The fourth-order valence-electron chi connectivity index (χ4n) is 4.46. The lowest BCUT2D eigenvalue weighted by atomic mass is 9.98. The first kappa shape index (κ1) is 17.2. The van der Waals surface area contributed by atoms with Crippen molar-refractivity contribution in [2.45, 2.75) is 51.6 Å². The smallest absolute Gasteiger partial charge is 0.227 e. The second-order valence-corrected chi connectivity index (χ2v) is 7.72. The third-order valence-corrected chi connectivity index (χ3v) is 6.14.